The monoisotopic (exact) mass is 277 g/mol. The molecule has 1 aromatic carbocycles. The second-order valence-corrected chi connectivity index (χ2v) is 6.06. The molecular formula is C15H19NO2S. The number of aryl methyl sites for hydroxylation is 2. The van der Waals surface area contributed by atoms with E-state index in [-0.39, 0.29) is 13.2 Å². The van der Waals surface area contributed by atoms with Gasteiger partial charge < -0.3 is 10.2 Å². The van der Waals surface area contributed by atoms with Crippen LogP contribution >= 0.6 is 11.3 Å². The summed E-state index contributed by atoms with van der Waals surface area (Å²) in [4.78, 5) is 4.43. The second-order valence-electron chi connectivity index (χ2n) is 5.00. The highest BCUT2D eigenvalue weighted by atomic mass is 32.1. The Labute approximate surface area is 117 Å². The summed E-state index contributed by atoms with van der Waals surface area (Å²) in [5, 5.41) is 22.6. The van der Waals surface area contributed by atoms with E-state index < -0.39 is 5.41 Å². The van der Waals surface area contributed by atoms with E-state index in [0.717, 1.165) is 21.8 Å². The first-order valence-corrected chi connectivity index (χ1v) is 7.17. The van der Waals surface area contributed by atoms with Crippen LogP contribution in [-0.2, 0) is 11.8 Å². The zero-order valence-electron chi connectivity index (χ0n) is 11.3. The van der Waals surface area contributed by atoms with Crippen molar-refractivity contribution in [3.05, 3.63) is 51.5 Å². The summed E-state index contributed by atoms with van der Waals surface area (Å²) < 4.78 is 0. The van der Waals surface area contributed by atoms with Gasteiger partial charge in [0.1, 0.15) is 0 Å². The normalized spacial score (nSPS) is 11.8. The maximum atomic E-state index is 9.78. The summed E-state index contributed by atoms with van der Waals surface area (Å²) in [6, 6.07) is 7.95. The highest BCUT2D eigenvalue weighted by molar-refractivity contribution is 7.09. The zero-order valence-corrected chi connectivity index (χ0v) is 12.1. The van der Waals surface area contributed by atoms with Crippen molar-refractivity contribution in [2.45, 2.75) is 25.7 Å². The largest absolute Gasteiger partial charge is 0.395 e. The average Bonchev–Trinajstić information content (AvgIpc) is 2.82. The SMILES string of the molecule is Cc1ccc(C(CO)(CO)Cc2csc(C)n2)cc1. The highest BCUT2D eigenvalue weighted by Gasteiger charge is 2.32. The number of rotatable bonds is 5. The Hall–Kier alpha value is -1.23. The van der Waals surface area contributed by atoms with Gasteiger partial charge in [-0.15, -0.1) is 11.3 Å². The van der Waals surface area contributed by atoms with Crippen molar-refractivity contribution in [2.24, 2.45) is 0 Å². The molecule has 0 spiro atoms. The molecule has 2 N–H and O–H groups in total. The van der Waals surface area contributed by atoms with Crippen LogP contribution in [0.5, 0.6) is 0 Å². The van der Waals surface area contributed by atoms with Crippen molar-refractivity contribution in [3.63, 3.8) is 0 Å². The molecule has 0 aliphatic heterocycles. The summed E-state index contributed by atoms with van der Waals surface area (Å²) >= 11 is 1.59. The van der Waals surface area contributed by atoms with Crippen LogP contribution in [0.3, 0.4) is 0 Å². The minimum atomic E-state index is -0.659. The van der Waals surface area contributed by atoms with Gasteiger partial charge in [0.05, 0.1) is 23.9 Å². The fraction of sp³-hybridized carbons (Fsp3) is 0.400. The van der Waals surface area contributed by atoms with Crippen LogP contribution in [-0.4, -0.2) is 28.4 Å². The first-order valence-electron chi connectivity index (χ1n) is 6.29. The summed E-state index contributed by atoms with van der Waals surface area (Å²) in [5.41, 5.74) is 2.38. The Morgan fingerprint density at radius 2 is 1.74 bits per heavy atom. The zero-order chi connectivity index (χ0) is 13.9. The van der Waals surface area contributed by atoms with E-state index in [1.54, 1.807) is 11.3 Å². The fourth-order valence-electron chi connectivity index (χ4n) is 2.19. The van der Waals surface area contributed by atoms with E-state index in [2.05, 4.69) is 4.98 Å². The quantitative estimate of drug-likeness (QED) is 0.881. The van der Waals surface area contributed by atoms with Gasteiger partial charge in [0.2, 0.25) is 0 Å². The third-order valence-corrected chi connectivity index (χ3v) is 4.28. The number of aliphatic hydroxyl groups excluding tert-OH is 2. The predicted octanol–water partition coefficient (Wildman–Crippen LogP) is 2.23. The number of hydrogen-bond acceptors (Lipinski definition) is 4. The van der Waals surface area contributed by atoms with Crippen molar-refractivity contribution in [3.8, 4) is 0 Å². The molecule has 0 amide bonds. The molecule has 0 atom stereocenters. The van der Waals surface area contributed by atoms with Gasteiger partial charge in [-0.05, 0) is 19.4 Å². The number of aromatic nitrogens is 1. The van der Waals surface area contributed by atoms with Crippen molar-refractivity contribution >= 4 is 11.3 Å². The predicted molar refractivity (Wildman–Crippen MR) is 77.6 cm³/mol. The number of thiazole rings is 1. The Morgan fingerprint density at radius 3 is 2.21 bits per heavy atom. The molecule has 1 aromatic heterocycles. The van der Waals surface area contributed by atoms with Gasteiger partial charge in [-0.1, -0.05) is 29.8 Å². The Kier molecular flexibility index (Phi) is 4.34. The standard InChI is InChI=1S/C15H19NO2S/c1-11-3-5-13(6-4-11)15(9-17,10-18)7-14-8-19-12(2)16-14/h3-6,8,17-18H,7,9-10H2,1-2H3. The maximum absolute atomic E-state index is 9.78. The van der Waals surface area contributed by atoms with Gasteiger partial charge in [0, 0.05) is 17.2 Å². The Bertz CT molecular complexity index is 529. The van der Waals surface area contributed by atoms with Gasteiger partial charge >= 0.3 is 0 Å². The Balaban J connectivity index is 2.33. The van der Waals surface area contributed by atoms with Gasteiger partial charge in [0.25, 0.3) is 0 Å². The summed E-state index contributed by atoms with van der Waals surface area (Å²) in [5.74, 6) is 0. The van der Waals surface area contributed by atoms with Gasteiger partial charge in [-0.25, -0.2) is 4.98 Å². The molecule has 0 bridgehead atoms. The molecule has 2 aromatic rings. The van der Waals surface area contributed by atoms with E-state index in [0.29, 0.717) is 6.42 Å². The van der Waals surface area contributed by atoms with Gasteiger partial charge in [-0.3, -0.25) is 0 Å². The molecule has 0 unspecified atom stereocenters. The minimum Gasteiger partial charge on any atom is -0.395 e. The molecule has 0 radical (unpaired) electrons. The van der Waals surface area contributed by atoms with E-state index in [1.165, 1.54) is 0 Å². The second kappa shape index (κ2) is 5.82. The average molecular weight is 277 g/mol. The summed E-state index contributed by atoms with van der Waals surface area (Å²) in [6.07, 6.45) is 0.549. The van der Waals surface area contributed by atoms with Crippen LogP contribution in [0.4, 0.5) is 0 Å². The molecule has 0 aliphatic carbocycles. The van der Waals surface area contributed by atoms with Crippen molar-refractivity contribution < 1.29 is 10.2 Å². The first-order chi connectivity index (χ1) is 9.09. The summed E-state index contributed by atoms with van der Waals surface area (Å²) in [6.45, 7) is 3.79. The third-order valence-electron chi connectivity index (χ3n) is 3.46. The summed E-state index contributed by atoms with van der Waals surface area (Å²) in [7, 11) is 0. The third kappa shape index (κ3) is 3.03. The fourth-order valence-corrected chi connectivity index (χ4v) is 2.80. The maximum Gasteiger partial charge on any atom is 0.0897 e. The van der Waals surface area contributed by atoms with E-state index in [4.69, 9.17) is 0 Å². The topological polar surface area (TPSA) is 53.4 Å². The molecule has 0 saturated heterocycles. The molecule has 1 heterocycles. The molecule has 102 valence electrons. The lowest BCUT2D eigenvalue weighted by atomic mass is 9.78. The van der Waals surface area contributed by atoms with Crippen LogP contribution in [0.25, 0.3) is 0 Å². The Morgan fingerprint density at radius 1 is 1.11 bits per heavy atom. The van der Waals surface area contributed by atoms with Crippen LogP contribution in [0, 0.1) is 13.8 Å². The molecule has 4 heteroatoms. The molecule has 2 rings (SSSR count). The van der Waals surface area contributed by atoms with Gasteiger partial charge in [0.15, 0.2) is 0 Å². The number of benzene rings is 1. The van der Waals surface area contributed by atoms with Crippen LogP contribution in [0.1, 0.15) is 21.8 Å². The van der Waals surface area contributed by atoms with Crippen LogP contribution in [0.2, 0.25) is 0 Å². The lowest BCUT2D eigenvalue weighted by molar-refractivity contribution is 0.115. The lowest BCUT2D eigenvalue weighted by Crippen LogP contribution is -2.37. The van der Waals surface area contributed by atoms with E-state index >= 15 is 0 Å². The van der Waals surface area contributed by atoms with E-state index in [1.807, 2.05) is 43.5 Å². The minimum absolute atomic E-state index is 0.0941. The molecule has 19 heavy (non-hydrogen) atoms. The van der Waals surface area contributed by atoms with Crippen molar-refractivity contribution in [2.75, 3.05) is 13.2 Å². The van der Waals surface area contributed by atoms with E-state index in [9.17, 15) is 10.2 Å². The molecular weight excluding hydrogens is 258 g/mol. The number of aliphatic hydroxyl groups is 2. The van der Waals surface area contributed by atoms with Crippen LogP contribution < -0.4 is 0 Å². The number of hydrogen-bond donors (Lipinski definition) is 2. The highest BCUT2D eigenvalue weighted by Crippen LogP contribution is 2.28. The van der Waals surface area contributed by atoms with Crippen LogP contribution in [0.15, 0.2) is 29.6 Å². The number of nitrogens with zero attached hydrogens (tertiary/aromatic N) is 1. The first kappa shape index (κ1) is 14.2. The van der Waals surface area contributed by atoms with Gasteiger partial charge in [-0.2, -0.15) is 0 Å². The lowest BCUT2D eigenvalue weighted by Gasteiger charge is -2.30. The molecule has 0 aliphatic rings. The van der Waals surface area contributed by atoms with Crippen molar-refractivity contribution in [1.29, 1.82) is 0 Å². The molecule has 3 nitrogen and oxygen atoms in total. The molecule has 0 saturated carbocycles. The molecule has 0 fully saturated rings. The van der Waals surface area contributed by atoms with Crippen molar-refractivity contribution in [1.82, 2.24) is 4.98 Å². The smallest absolute Gasteiger partial charge is 0.0897 e.